The minimum atomic E-state index is -5.08. The molecule has 62 heavy (non-hydrogen) atoms. The molecule has 0 saturated carbocycles. The van der Waals surface area contributed by atoms with Gasteiger partial charge in [-0.3, -0.25) is 9.35 Å². The summed E-state index contributed by atoms with van der Waals surface area (Å²) in [5.41, 5.74) is 0. The lowest BCUT2D eigenvalue weighted by molar-refractivity contribution is -0.298. The minimum Gasteiger partial charge on any atom is -0.394 e. The van der Waals surface area contributed by atoms with E-state index in [0.717, 1.165) is 38.5 Å². The van der Waals surface area contributed by atoms with E-state index < -0.39 is 59.9 Å². The molecule has 0 spiro atoms. The Morgan fingerprint density at radius 2 is 1.02 bits per heavy atom. The molecule has 0 radical (unpaired) electrons. The first-order valence-corrected chi connectivity index (χ1v) is 26.9. The number of rotatable bonds is 44. The molecule has 1 aliphatic rings. The molecule has 1 heterocycles. The monoisotopic (exact) mass is 906 g/mol. The second-order valence-corrected chi connectivity index (χ2v) is 19.2. The van der Waals surface area contributed by atoms with Gasteiger partial charge in [-0.25, -0.2) is 4.18 Å². The predicted molar refractivity (Wildman–Crippen MR) is 250 cm³/mol. The number of amides is 1. The van der Waals surface area contributed by atoms with Gasteiger partial charge in [0.05, 0.1) is 25.4 Å². The highest BCUT2D eigenvalue weighted by Gasteiger charge is 2.48. The SMILES string of the molecule is CCCCCCCCCCCCCCCCC/C=C/C(O)C(COC1OC(CO)C(O)C(OS(=O)(=O)O)C1O)NC(=O)CCCCCCCCCCCCCCCCCCCC. The Bertz CT molecular complexity index is 1160. The van der Waals surface area contributed by atoms with Crippen molar-refractivity contribution in [2.45, 2.75) is 281 Å². The third-order valence-corrected chi connectivity index (χ3v) is 12.8. The molecule has 13 heteroatoms. The van der Waals surface area contributed by atoms with Gasteiger partial charge in [0.1, 0.15) is 24.4 Å². The highest BCUT2D eigenvalue weighted by atomic mass is 32.3. The topological polar surface area (TPSA) is 192 Å². The van der Waals surface area contributed by atoms with Crippen molar-refractivity contribution < 1.29 is 51.8 Å². The molecule has 1 amide bonds. The second-order valence-electron chi connectivity index (χ2n) is 18.1. The first-order chi connectivity index (χ1) is 30.0. The number of hydrogen-bond acceptors (Lipinski definition) is 10. The number of nitrogens with one attached hydrogen (secondary N) is 1. The normalized spacial score (nSPS) is 20.5. The molecule has 1 rings (SSSR count). The standard InChI is InChI=1S/C49H95NO11S/c1-3-5-7-9-11-13-15-17-19-21-23-25-27-29-31-33-35-37-39-45(53)50-42(41-59-49-47(55)48(61-62(56,57)58)46(54)44(40-51)60-49)43(52)38-36-34-32-30-28-26-24-22-20-18-16-14-12-10-8-6-4-2/h36,38,42-44,46-49,51-52,54-55H,3-35,37,39-41H2,1-2H3,(H,50,53)(H,56,57,58)/b38-36+. The predicted octanol–water partition coefficient (Wildman–Crippen LogP) is 10.7. The molecule has 0 aliphatic carbocycles. The number of unbranched alkanes of at least 4 members (excludes halogenated alkanes) is 32. The third kappa shape index (κ3) is 32.5. The van der Waals surface area contributed by atoms with E-state index in [2.05, 4.69) is 23.3 Å². The van der Waals surface area contributed by atoms with Crippen LogP contribution in [0.15, 0.2) is 12.2 Å². The maximum atomic E-state index is 13.1. The lowest BCUT2D eigenvalue weighted by atomic mass is 9.99. The molecule has 0 aromatic carbocycles. The second kappa shape index (κ2) is 40.1. The van der Waals surface area contributed by atoms with Crippen LogP contribution in [0.3, 0.4) is 0 Å². The van der Waals surface area contributed by atoms with Gasteiger partial charge in [0, 0.05) is 6.42 Å². The van der Waals surface area contributed by atoms with Crippen LogP contribution in [0.1, 0.15) is 239 Å². The maximum Gasteiger partial charge on any atom is 0.397 e. The molecule has 7 unspecified atom stereocenters. The van der Waals surface area contributed by atoms with Gasteiger partial charge in [-0.15, -0.1) is 0 Å². The van der Waals surface area contributed by atoms with E-state index in [-0.39, 0.29) is 18.9 Å². The summed E-state index contributed by atoms with van der Waals surface area (Å²) in [6, 6.07) is -0.938. The number of allylic oxidation sites excluding steroid dienone is 1. The van der Waals surface area contributed by atoms with Gasteiger partial charge in [0.25, 0.3) is 0 Å². The summed E-state index contributed by atoms with van der Waals surface area (Å²) < 4.78 is 47.7. The number of carbonyl (C=O) groups is 1. The van der Waals surface area contributed by atoms with Gasteiger partial charge < -0.3 is 35.2 Å². The molecule has 0 aromatic heterocycles. The summed E-state index contributed by atoms with van der Waals surface area (Å²) in [7, 11) is -5.08. The largest absolute Gasteiger partial charge is 0.397 e. The summed E-state index contributed by atoms with van der Waals surface area (Å²) >= 11 is 0. The van der Waals surface area contributed by atoms with Crippen LogP contribution in [0, 0.1) is 0 Å². The number of aliphatic hydroxyl groups is 4. The summed E-state index contributed by atoms with van der Waals surface area (Å²) in [6.45, 7) is 3.42. The van der Waals surface area contributed by atoms with Crippen LogP contribution >= 0.6 is 0 Å². The molecule has 6 N–H and O–H groups in total. The molecule has 7 atom stereocenters. The summed E-state index contributed by atoms with van der Waals surface area (Å²) in [5.74, 6) is -0.258. The molecule has 12 nitrogen and oxygen atoms in total. The smallest absolute Gasteiger partial charge is 0.394 e. The highest BCUT2D eigenvalue weighted by molar-refractivity contribution is 7.80. The van der Waals surface area contributed by atoms with Crippen LogP contribution in [0.4, 0.5) is 0 Å². The zero-order valence-corrected chi connectivity index (χ0v) is 40.3. The summed E-state index contributed by atoms with van der Waals surface area (Å²) in [6.07, 6.45) is 36.7. The van der Waals surface area contributed by atoms with Crippen molar-refractivity contribution in [1.82, 2.24) is 5.32 Å². The molecule has 368 valence electrons. The molecule has 1 fully saturated rings. The van der Waals surface area contributed by atoms with Crippen LogP contribution < -0.4 is 5.32 Å². The van der Waals surface area contributed by atoms with Gasteiger partial charge in [-0.1, -0.05) is 225 Å². The van der Waals surface area contributed by atoms with Crippen LogP contribution in [0.2, 0.25) is 0 Å². The van der Waals surface area contributed by atoms with Gasteiger partial charge >= 0.3 is 10.4 Å². The zero-order valence-electron chi connectivity index (χ0n) is 39.5. The van der Waals surface area contributed by atoms with Crippen molar-refractivity contribution in [3.63, 3.8) is 0 Å². The molecule has 1 saturated heterocycles. The van der Waals surface area contributed by atoms with Crippen molar-refractivity contribution in [2.75, 3.05) is 13.2 Å². The maximum absolute atomic E-state index is 13.1. The quantitative estimate of drug-likeness (QED) is 0.0194. The number of carbonyl (C=O) groups excluding carboxylic acids is 1. The highest BCUT2D eigenvalue weighted by Crippen LogP contribution is 2.26. The fourth-order valence-electron chi connectivity index (χ4n) is 8.34. The number of hydrogen-bond donors (Lipinski definition) is 6. The Hall–Kier alpha value is -1.16. The Labute approximate surface area is 379 Å². The van der Waals surface area contributed by atoms with Crippen molar-refractivity contribution in [2.24, 2.45) is 0 Å². The molecular formula is C49H95NO11S. The third-order valence-electron chi connectivity index (χ3n) is 12.3. The van der Waals surface area contributed by atoms with E-state index in [1.807, 2.05) is 6.08 Å². The fraction of sp³-hybridized carbons (Fsp3) is 0.939. The Balaban J connectivity index is 2.46. The lowest BCUT2D eigenvalue weighted by Crippen LogP contribution is -2.61. The van der Waals surface area contributed by atoms with Gasteiger partial charge in [-0.2, -0.15) is 8.42 Å². The van der Waals surface area contributed by atoms with Crippen molar-refractivity contribution in [1.29, 1.82) is 0 Å². The molecule has 0 bridgehead atoms. The molecule has 1 aliphatic heterocycles. The first-order valence-electron chi connectivity index (χ1n) is 25.6. The summed E-state index contributed by atoms with van der Waals surface area (Å²) in [5, 5.41) is 44.8. The van der Waals surface area contributed by atoms with Gasteiger partial charge in [0.15, 0.2) is 6.29 Å². The van der Waals surface area contributed by atoms with E-state index in [1.54, 1.807) is 6.08 Å². The first kappa shape index (κ1) is 58.9. The summed E-state index contributed by atoms with van der Waals surface area (Å²) in [4.78, 5) is 13.1. The van der Waals surface area contributed by atoms with Gasteiger partial charge in [-0.05, 0) is 19.3 Å². The van der Waals surface area contributed by atoms with E-state index >= 15 is 0 Å². The fourth-order valence-corrected chi connectivity index (χ4v) is 8.85. The van der Waals surface area contributed by atoms with E-state index in [4.69, 9.17) is 9.47 Å². The average Bonchev–Trinajstić information content (AvgIpc) is 3.24. The Morgan fingerprint density at radius 1 is 0.629 bits per heavy atom. The molecular weight excluding hydrogens is 811 g/mol. The van der Waals surface area contributed by atoms with Crippen LogP contribution in [-0.2, 0) is 28.9 Å². The van der Waals surface area contributed by atoms with Crippen molar-refractivity contribution >= 4 is 16.3 Å². The van der Waals surface area contributed by atoms with Gasteiger partial charge in [0.2, 0.25) is 5.91 Å². The number of ether oxygens (including phenoxy) is 2. The Morgan fingerprint density at radius 3 is 1.40 bits per heavy atom. The van der Waals surface area contributed by atoms with Crippen molar-refractivity contribution in [3.8, 4) is 0 Å². The van der Waals surface area contributed by atoms with E-state index in [0.29, 0.717) is 6.42 Å². The van der Waals surface area contributed by atoms with Crippen molar-refractivity contribution in [3.05, 3.63) is 12.2 Å². The zero-order chi connectivity index (χ0) is 45.5. The van der Waals surface area contributed by atoms with Crippen LogP contribution in [0.25, 0.3) is 0 Å². The van der Waals surface area contributed by atoms with Crippen LogP contribution in [0.5, 0.6) is 0 Å². The van der Waals surface area contributed by atoms with E-state index in [9.17, 15) is 38.2 Å². The lowest BCUT2D eigenvalue weighted by Gasteiger charge is -2.41. The molecule has 0 aromatic rings. The van der Waals surface area contributed by atoms with E-state index in [1.165, 1.54) is 173 Å². The average molecular weight is 906 g/mol. The number of aliphatic hydroxyl groups excluding tert-OH is 4. The minimum absolute atomic E-state index is 0.258. The Kier molecular flexibility index (Phi) is 38.1. The van der Waals surface area contributed by atoms with Crippen LogP contribution in [-0.4, -0.2) is 95.4 Å².